The van der Waals surface area contributed by atoms with Crippen molar-refractivity contribution in [3.05, 3.63) is 58.1 Å². The first-order valence-corrected chi connectivity index (χ1v) is 11.2. The van der Waals surface area contributed by atoms with E-state index >= 15 is 0 Å². The fourth-order valence-electron chi connectivity index (χ4n) is 4.04. The maximum Gasteiger partial charge on any atom is 0.261 e. The number of hydrogen-bond acceptors (Lipinski definition) is 7. The Morgan fingerprint density at radius 3 is 2.64 bits per heavy atom. The summed E-state index contributed by atoms with van der Waals surface area (Å²) in [6, 6.07) is 8.93. The highest BCUT2D eigenvalue weighted by atomic mass is 19.1. The van der Waals surface area contributed by atoms with E-state index in [1.807, 2.05) is 0 Å². The van der Waals surface area contributed by atoms with Gasteiger partial charge in [0, 0.05) is 12.1 Å². The van der Waals surface area contributed by atoms with Gasteiger partial charge in [-0.25, -0.2) is 9.37 Å². The summed E-state index contributed by atoms with van der Waals surface area (Å²) in [5.41, 5.74) is 12.0. The minimum atomic E-state index is -1.05. The molecule has 0 fully saturated rings. The van der Waals surface area contributed by atoms with Crippen LogP contribution in [0.5, 0.6) is 0 Å². The number of benzene rings is 2. The number of halogens is 1. The number of carbonyl (C=O) groups is 2. The molecule has 0 bridgehead atoms. The molecule has 2 amide bonds. The number of hydrogen-bond donors (Lipinski definition) is 7. The molecular formula is C24H25FN6O5. The van der Waals surface area contributed by atoms with E-state index in [1.54, 1.807) is 24.3 Å². The third-order valence-corrected chi connectivity index (χ3v) is 5.75. The van der Waals surface area contributed by atoms with E-state index in [4.69, 9.17) is 11.5 Å². The number of aliphatic hydroxyl groups is 2. The van der Waals surface area contributed by atoms with Crippen LogP contribution >= 0.6 is 0 Å². The Bertz CT molecular complexity index is 1510. The van der Waals surface area contributed by atoms with Gasteiger partial charge in [0.2, 0.25) is 5.91 Å². The van der Waals surface area contributed by atoms with Gasteiger partial charge in [-0.15, -0.1) is 0 Å². The molecule has 36 heavy (non-hydrogen) atoms. The van der Waals surface area contributed by atoms with E-state index in [2.05, 4.69) is 20.3 Å². The lowest BCUT2D eigenvalue weighted by molar-refractivity contribution is -0.120. The van der Waals surface area contributed by atoms with Gasteiger partial charge in [-0.3, -0.25) is 14.4 Å². The monoisotopic (exact) mass is 496 g/mol. The van der Waals surface area contributed by atoms with Gasteiger partial charge in [0.15, 0.2) is 0 Å². The van der Waals surface area contributed by atoms with E-state index in [-0.39, 0.29) is 53.8 Å². The molecule has 0 saturated heterocycles. The number of amides is 2. The van der Waals surface area contributed by atoms with Crippen LogP contribution in [-0.2, 0) is 4.79 Å². The standard InChI is InChI=1S/C24H25FN6O5/c25-14-2-1-3-16-19(14)21(27)20(24(36)31-16)22-29-15-5-4-11(8-17(15)30-22)23(35)28-7-6-12(32)9-13(33)10-18(26)34/h1-5,8,12-13,32-33H,6-7,9-10H2,(H2,26,34)(H,28,35)(H,29,30)(H3,27,31,36). The number of aromatic nitrogens is 3. The smallest absolute Gasteiger partial charge is 0.261 e. The van der Waals surface area contributed by atoms with Crippen molar-refractivity contribution < 1.29 is 24.2 Å². The number of H-pyrrole nitrogens is 2. The van der Waals surface area contributed by atoms with E-state index in [9.17, 15) is 29.0 Å². The van der Waals surface area contributed by atoms with Crippen LogP contribution in [0, 0.1) is 5.82 Å². The number of nitrogens with two attached hydrogens (primary N) is 2. The zero-order chi connectivity index (χ0) is 26.0. The summed E-state index contributed by atoms with van der Waals surface area (Å²) in [7, 11) is 0. The molecule has 2 aromatic carbocycles. The Morgan fingerprint density at radius 1 is 1.11 bits per heavy atom. The second-order valence-electron chi connectivity index (χ2n) is 8.48. The van der Waals surface area contributed by atoms with Crippen molar-refractivity contribution in [1.29, 1.82) is 0 Å². The summed E-state index contributed by atoms with van der Waals surface area (Å²) < 4.78 is 14.4. The van der Waals surface area contributed by atoms with Gasteiger partial charge in [-0.1, -0.05) is 6.07 Å². The largest absolute Gasteiger partial charge is 0.397 e. The van der Waals surface area contributed by atoms with Gasteiger partial charge in [0.25, 0.3) is 11.5 Å². The summed E-state index contributed by atoms with van der Waals surface area (Å²) in [5, 5.41) is 22.4. The number of nitrogens with zero attached hydrogens (tertiary/aromatic N) is 1. The van der Waals surface area contributed by atoms with Gasteiger partial charge >= 0.3 is 0 Å². The molecule has 2 unspecified atom stereocenters. The second-order valence-corrected chi connectivity index (χ2v) is 8.48. The number of carbonyl (C=O) groups excluding carboxylic acids is 2. The normalized spacial score (nSPS) is 13.1. The number of anilines is 1. The predicted octanol–water partition coefficient (Wildman–Crippen LogP) is 0.900. The summed E-state index contributed by atoms with van der Waals surface area (Å²) in [6.45, 7) is 0.129. The first-order valence-electron chi connectivity index (χ1n) is 11.2. The van der Waals surface area contributed by atoms with Crippen molar-refractivity contribution >= 4 is 39.4 Å². The fourth-order valence-corrected chi connectivity index (χ4v) is 4.04. The highest BCUT2D eigenvalue weighted by molar-refractivity contribution is 6.00. The highest BCUT2D eigenvalue weighted by Crippen LogP contribution is 2.30. The fraction of sp³-hybridized carbons (Fsp3) is 0.250. The minimum Gasteiger partial charge on any atom is -0.397 e. The van der Waals surface area contributed by atoms with Gasteiger partial charge in [-0.2, -0.15) is 0 Å². The van der Waals surface area contributed by atoms with Crippen molar-refractivity contribution in [2.45, 2.75) is 31.5 Å². The molecule has 0 radical (unpaired) electrons. The number of aromatic amines is 2. The number of nitrogen functional groups attached to an aromatic ring is 1. The molecule has 2 atom stereocenters. The Labute approximate surface area is 203 Å². The van der Waals surface area contributed by atoms with E-state index < -0.39 is 35.4 Å². The lowest BCUT2D eigenvalue weighted by Gasteiger charge is -2.14. The van der Waals surface area contributed by atoms with Crippen LogP contribution in [-0.4, -0.2) is 55.7 Å². The van der Waals surface area contributed by atoms with Crippen molar-refractivity contribution in [2.24, 2.45) is 5.73 Å². The zero-order valence-corrected chi connectivity index (χ0v) is 19.0. The molecule has 2 heterocycles. The number of imidazole rings is 1. The van der Waals surface area contributed by atoms with Gasteiger partial charge in [0.05, 0.1) is 46.3 Å². The number of nitrogens with one attached hydrogen (secondary N) is 3. The average molecular weight is 496 g/mol. The molecule has 0 aliphatic carbocycles. The van der Waals surface area contributed by atoms with Crippen molar-refractivity contribution in [3.63, 3.8) is 0 Å². The number of aliphatic hydroxyl groups excluding tert-OH is 2. The molecule has 12 heteroatoms. The third kappa shape index (κ3) is 5.19. The van der Waals surface area contributed by atoms with Crippen LogP contribution in [0.4, 0.5) is 10.1 Å². The topological polar surface area (TPSA) is 200 Å². The van der Waals surface area contributed by atoms with Crippen molar-refractivity contribution in [2.75, 3.05) is 12.3 Å². The van der Waals surface area contributed by atoms with Crippen LogP contribution in [0.25, 0.3) is 33.3 Å². The van der Waals surface area contributed by atoms with Crippen molar-refractivity contribution in [3.8, 4) is 11.4 Å². The summed E-state index contributed by atoms with van der Waals surface area (Å²) in [6.07, 6.45) is -2.10. The Hall–Kier alpha value is -4.29. The Balaban J connectivity index is 1.49. The van der Waals surface area contributed by atoms with Crippen LogP contribution in [0.2, 0.25) is 0 Å². The number of primary amides is 1. The second kappa shape index (κ2) is 10.1. The quantitative estimate of drug-likeness (QED) is 0.178. The first kappa shape index (κ1) is 24.8. The number of pyridine rings is 1. The maximum atomic E-state index is 14.4. The molecular weight excluding hydrogens is 471 g/mol. The molecule has 0 aliphatic rings. The Kier molecular flexibility index (Phi) is 6.99. The Morgan fingerprint density at radius 2 is 1.89 bits per heavy atom. The van der Waals surface area contributed by atoms with Crippen molar-refractivity contribution in [1.82, 2.24) is 20.3 Å². The van der Waals surface area contributed by atoms with Crippen LogP contribution < -0.4 is 22.3 Å². The molecule has 188 valence electrons. The molecule has 0 spiro atoms. The predicted molar refractivity (Wildman–Crippen MR) is 131 cm³/mol. The molecule has 9 N–H and O–H groups in total. The summed E-state index contributed by atoms with van der Waals surface area (Å²) in [4.78, 5) is 46.0. The van der Waals surface area contributed by atoms with Gasteiger partial charge in [-0.05, 0) is 43.2 Å². The molecule has 0 aliphatic heterocycles. The molecule has 4 aromatic rings. The SMILES string of the molecule is NC(=O)CC(O)CC(O)CCNC(=O)c1ccc2nc(-c3c(N)c4c(F)cccc4[nH]c3=O)[nH]c2c1. The summed E-state index contributed by atoms with van der Waals surface area (Å²) >= 11 is 0. The van der Waals surface area contributed by atoms with E-state index in [0.717, 1.165) is 0 Å². The van der Waals surface area contributed by atoms with Gasteiger partial charge in [0.1, 0.15) is 17.2 Å². The zero-order valence-electron chi connectivity index (χ0n) is 19.0. The molecule has 0 saturated carbocycles. The van der Waals surface area contributed by atoms with Crippen LogP contribution in [0.15, 0.2) is 41.2 Å². The first-order chi connectivity index (χ1) is 17.1. The molecule has 4 rings (SSSR count). The van der Waals surface area contributed by atoms with Gasteiger partial charge < -0.3 is 37.0 Å². The minimum absolute atomic E-state index is 0.0117. The van der Waals surface area contributed by atoms with E-state index in [1.165, 1.54) is 12.1 Å². The highest BCUT2D eigenvalue weighted by Gasteiger charge is 2.19. The molecule has 2 aromatic heterocycles. The van der Waals surface area contributed by atoms with Crippen LogP contribution in [0.3, 0.4) is 0 Å². The lowest BCUT2D eigenvalue weighted by Crippen LogP contribution is -2.29. The maximum absolute atomic E-state index is 14.4. The third-order valence-electron chi connectivity index (χ3n) is 5.75. The van der Waals surface area contributed by atoms with Crippen LogP contribution in [0.1, 0.15) is 29.6 Å². The average Bonchev–Trinajstić information content (AvgIpc) is 3.20. The summed E-state index contributed by atoms with van der Waals surface area (Å²) in [5.74, 6) is -1.53. The molecule has 11 nitrogen and oxygen atoms in total. The lowest BCUT2D eigenvalue weighted by atomic mass is 10.1. The number of fused-ring (bicyclic) bond motifs is 2. The number of rotatable bonds is 9. The van der Waals surface area contributed by atoms with E-state index in [0.29, 0.717) is 16.6 Å².